The minimum absolute atomic E-state index is 0.00267. The average Bonchev–Trinajstić information content (AvgIpc) is 3.06. The van der Waals surface area contributed by atoms with Gasteiger partial charge < -0.3 is 14.4 Å². The number of anilines is 1. The number of methoxy groups -OCH3 is 1. The molecule has 5 rings (SSSR count). The predicted octanol–water partition coefficient (Wildman–Crippen LogP) is 4.05. The fraction of sp³-hybridized carbons (Fsp3) is 0.577. The summed E-state index contributed by atoms with van der Waals surface area (Å²) in [6.07, 6.45) is 8.07. The first-order valence-corrected chi connectivity index (χ1v) is 11.7. The largest absolute Gasteiger partial charge is 0.495 e. The Morgan fingerprint density at radius 1 is 1.19 bits per heavy atom. The van der Waals surface area contributed by atoms with Gasteiger partial charge in [0.1, 0.15) is 11.9 Å². The van der Waals surface area contributed by atoms with Crippen molar-refractivity contribution in [3.63, 3.8) is 0 Å². The zero-order valence-corrected chi connectivity index (χ0v) is 19.0. The Morgan fingerprint density at radius 2 is 1.97 bits per heavy atom. The molecule has 0 bridgehead atoms. The zero-order chi connectivity index (χ0) is 21.6. The lowest BCUT2D eigenvalue weighted by Gasteiger charge is -2.43. The smallest absolute Gasteiger partial charge is 0.311 e. The SMILES string of the molecule is COc1ccccc1N1CCN(C[C@H]2C(=O)O[C@@H]3C[C@@]4(C)CCC=C(C)C4=C[C@@H]32)CC1. The van der Waals surface area contributed by atoms with E-state index in [4.69, 9.17) is 9.47 Å². The summed E-state index contributed by atoms with van der Waals surface area (Å²) >= 11 is 0. The van der Waals surface area contributed by atoms with Gasteiger partial charge in [-0.1, -0.05) is 36.8 Å². The predicted molar refractivity (Wildman–Crippen MR) is 122 cm³/mol. The Bertz CT molecular complexity index is 915. The Labute approximate surface area is 185 Å². The number of rotatable bonds is 4. The molecule has 0 unspecified atom stereocenters. The van der Waals surface area contributed by atoms with E-state index in [1.807, 2.05) is 12.1 Å². The lowest BCUT2D eigenvalue weighted by atomic mass is 9.62. The van der Waals surface area contributed by atoms with Crippen molar-refractivity contribution in [2.75, 3.05) is 44.7 Å². The van der Waals surface area contributed by atoms with E-state index < -0.39 is 0 Å². The maximum atomic E-state index is 12.9. The summed E-state index contributed by atoms with van der Waals surface area (Å²) in [6, 6.07) is 8.21. The average molecular weight is 423 g/mol. The fourth-order valence-electron chi connectivity index (χ4n) is 6.18. The first kappa shape index (κ1) is 20.6. The topological polar surface area (TPSA) is 42.0 Å². The molecule has 1 aromatic carbocycles. The van der Waals surface area contributed by atoms with Crippen molar-refractivity contribution in [2.45, 2.75) is 39.2 Å². The molecule has 2 fully saturated rings. The van der Waals surface area contributed by atoms with Crippen molar-refractivity contribution in [3.05, 3.63) is 47.6 Å². The van der Waals surface area contributed by atoms with Crippen molar-refractivity contribution in [2.24, 2.45) is 17.3 Å². The Balaban J connectivity index is 1.27. The molecule has 166 valence electrons. The third kappa shape index (κ3) is 3.67. The van der Waals surface area contributed by atoms with Crippen LogP contribution in [-0.2, 0) is 9.53 Å². The molecule has 0 spiro atoms. The molecule has 4 aliphatic rings. The summed E-state index contributed by atoms with van der Waals surface area (Å²) in [5.41, 5.74) is 4.18. The highest BCUT2D eigenvalue weighted by Gasteiger charge is 2.51. The van der Waals surface area contributed by atoms with Gasteiger partial charge in [-0.3, -0.25) is 9.69 Å². The molecule has 5 heteroatoms. The molecule has 4 atom stereocenters. The van der Waals surface area contributed by atoms with Crippen LogP contribution in [0, 0.1) is 17.3 Å². The molecule has 0 N–H and O–H groups in total. The highest BCUT2D eigenvalue weighted by atomic mass is 16.6. The van der Waals surface area contributed by atoms with Crippen LogP contribution in [0.2, 0.25) is 0 Å². The van der Waals surface area contributed by atoms with E-state index in [1.54, 1.807) is 7.11 Å². The zero-order valence-electron chi connectivity index (χ0n) is 19.0. The number of carbonyl (C=O) groups is 1. The minimum atomic E-state index is -0.0467. The van der Waals surface area contributed by atoms with Crippen LogP contribution in [0.25, 0.3) is 0 Å². The number of carbonyl (C=O) groups excluding carboxylic acids is 1. The van der Waals surface area contributed by atoms with E-state index in [1.165, 1.54) is 11.1 Å². The quantitative estimate of drug-likeness (QED) is 0.685. The molecule has 2 aliphatic carbocycles. The van der Waals surface area contributed by atoms with Crippen LogP contribution < -0.4 is 9.64 Å². The second kappa shape index (κ2) is 8.01. The summed E-state index contributed by atoms with van der Waals surface area (Å²) in [5, 5.41) is 0. The molecular formula is C26H34N2O3. The Morgan fingerprint density at radius 3 is 2.74 bits per heavy atom. The minimum Gasteiger partial charge on any atom is -0.495 e. The number of piperazine rings is 1. The van der Waals surface area contributed by atoms with Gasteiger partial charge >= 0.3 is 5.97 Å². The van der Waals surface area contributed by atoms with E-state index in [0.29, 0.717) is 0 Å². The summed E-state index contributed by atoms with van der Waals surface area (Å²) in [6.45, 7) is 9.16. The van der Waals surface area contributed by atoms with Gasteiger partial charge in [0.05, 0.1) is 18.7 Å². The number of allylic oxidation sites excluding steroid dienone is 3. The van der Waals surface area contributed by atoms with Gasteiger partial charge in [0.2, 0.25) is 0 Å². The van der Waals surface area contributed by atoms with Gasteiger partial charge in [-0.25, -0.2) is 0 Å². The molecule has 0 aromatic heterocycles. The first-order chi connectivity index (χ1) is 15.0. The summed E-state index contributed by atoms with van der Waals surface area (Å²) in [5.74, 6) is 1.09. The number of hydrogen-bond donors (Lipinski definition) is 0. The maximum Gasteiger partial charge on any atom is 0.311 e. The molecule has 5 nitrogen and oxygen atoms in total. The number of benzene rings is 1. The normalized spacial score (nSPS) is 33.2. The molecular weight excluding hydrogens is 388 g/mol. The van der Waals surface area contributed by atoms with Gasteiger partial charge in [-0.2, -0.15) is 0 Å². The highest BCUT2D eigenvalue weighted by molar-refractivity contribution is 5.76. The second-order valence-corrected chi connectivity index (χ2v) is 9.89. The van der Waals surface area contributed by atoms with Crippen LogP contribution in [-0.4, -0.2) is 56.8 Å². The third-order valence-electron chi connectivity index (χ3n) is 7.95. The highest BCUT2D eigenvalue weighted by Crippen LogP contribution is 2.52. The van der Waals surface area contributed by atoms with Gasteiger partial charge in [-0.05, 0) is 49.3 Å². The second-order valence-electron chi connectivity index (χ2n) is 9.89. The van der Waals surface area contributed by atoms with E-state index in [9.17, 15) is 4.79 Å². The van der Waals surface area contributed by atoms with Crippen LogP contribution >= 0.6 is 0 Å². The molecule has 2 saturated heterocycles. The van der Waals surface area contributed by atoms with Crippen molar-refractivity contribution in [1.82, 2.24) is 4.90 Å². The summed E-state index contributed by atoms with van der Waals surface area (Å²) in [7, 11) is 1.73. The van der Waals surface area contributed by atoms with Crippen LogP contribution in [0.4, 0.5) is 5.69 Å². The molecule has 0 amide bonds. The summed E-state index contributed by atoms with van der Waals surface area (Å²) in [4.78, 5) is 17.7. The van der Waals surface area contributed by atoms with E-state index in [2.05, 4.69) is 47.9 Å². The van der Waals surface area contributed by atoms with Crippen LogP contribution in [0.15, 0.2) is 47.6 Å². The maximum absolute atomic E-state index is 12.9. The lowest BCUT2D eigenvalue weighted by molar-refractivity contribution is -0.145. The van der Waals surface area contributed by atoms with Gasteiger partial charge in [-0.15, -0.1) is 0 Å². The van der Waals surface area contributed by atoms with Crippen LogP contribution in [0.5, 0.6) is 5.75 Å². The van der Waals surface area contributed by atoms with Gasteiger partial charge in [0.15, 0.2) is 0 Å². The molecule has 31 heavy (non-hydrogen) atoms. The molecule has 2 heterocycles. The van der Waals surface area contributed by atoms with Crippen molar-refractivity contribution >= 4 is 11.7 Å². The van der Waals surface area contributed by atoms with E-state index in [-0.39, 0.29) is 29.3 Å². The number of para-hydroxylation sites is 2. The third-order valence-corrected chi connectivity index (χ3v) is 7.95. The fourth-order valence-corrected chi connectivity index (χ4v) is 6.18. The molecule has 1 aromatic rings. The number of hydrogen-bond acceptors (Lipinski definition) is 5. The Kier molecular flexibility index (Phi) is 5.33. The Hall–Kier alpha value is -2.27. The van der Waals surface area contributed by atoms with E-state index in [0.717, 1.165) is 63.4 Å². The van der Waals surface area contributed by atoms with E-state index >= 15 is 0 Å². The van der Waals surface area contributed by atoms with Crippen molar-refractivity contribution in [3.8, 4) is 5.75 Å². The number of esters is 1. The van der Waals surface area contributed by atoms with Crippen molar-refractivity contribution in [1.29, 1.82) is 0 Å². The molecule has 0 saturated carbocycles. The lowest BCUT2D eigenvalue weighted by Crippen LogP contribution is -2.49. The van der Waals surface area contributed by atoms with Crippen LogP contribution in [0.3, 0.4) is 0 Å². The molecule has 0 radical (unpaired) electrons. The van der Waals surface area contributed by atoms with Crippen molar-refractivity contribution < 1.29 is 14.3 Å². The van der Waals surface area contributed by atoms with Gasteiger partial charge in [0.25, 0.3) is 0 Å². The number of fused-ring (bicyclic) bond motifs is 2. The van der Waals surface area contributed by atoms with Crippen LogP contribution in [0.1, 0.15) is 33.1 Å². The number of ether oxygens (including phenoxy) is 2. The number of nitrogens with zero attached hydrogens (tertiary/aromatic N) is 2. The summed E-state index contributed by atoms with van der Waals surface area (Å²) < 4.78 is 11.5. The standard InChI is InChI=1S/C26H34N2O3/c1-18-7-6-10-26(2)16-24-19(15-21(18)26)20(25(29)31-24)17-27-11-13-28(14-12-27)22-8-4-5-9-23(22)30-3/h4-5,7-9,15,19-20,24H,6,10-14,16-17H2,1-3H3/t19-,20-,24-,26-/m1/s1. The first-order valence-electron chi connectivity index (χ1n) is 11.7. The van der Waals surface area contributed by atoms with Gasteiger partial charge in [0, 0.05) is 38.6 Å². The molecule has 2 aliphatic heterocycles. The monoisotopic (exact) mass is 422 g/mol.